The molecule has 0 saturated carbocycles. The zero-order valence-electron chi connectivity index (χ0n) is 15.3. The quantitative estimate of drug-likeness (QED) is 0.692. The lowest BCUT2D eigenvalue weighted by molar-refractivity contribution is -0.116. The maximum atomic E-state index is 12.0. The van der Waals surface area contributed by atoms with Crippen molar-refractivity contribution in [1.82, 2.24) is 5.32 Å². The molecule has 0 aliphatic heterocycles. The fourth-order valence-corrected chi connectivity index (χ4v) is 2.66. The second-order valence-corrected chi connectivity index (χ2v) is 6.47. The second kappa shape index (κ2) is 9.88. The lowest BCUT2D eigenvalue weighted by atomic mass is 10.1. The molecule has 1 N–H and O–H groups in total. The Bertz CT molecular complexity index is 757. The van der Waals surface area contributed by atoms with Crippen LogP contribution < -0.4 is 14.8 Å². The number of hydrogen-bond acceptors (Lipinski definition) is 3. The Balaban J connectivity index is 1.96. The Labute approximate surface area is 159 Å². The van der Waals surface area contributed by atoms with Gasteiger partial charge in [-0.25, -0.2) is 0 Å². The number of carbonyl (C=O) groups is 1. The van der Waals surface area contributed by atoms with Crippen LogP contribution in [0, 0.1) is 0 Å². The van der Waals surface area contributed by atoms with Gasteiger partial charge in [0.2, 0.25) is 5.91 Å². The van der Waals surface area contributed by atoms with E-state index in [-0.39, 0.29) is 12.0 Å². The van der Waals surface area contributed by atoms with Gasteiger partial charge in [-0.3, -0.25) is 4.79 Å². The van der Waals surface area contributed by atoms with Crippen molar-refractivity contribution in [3.63, 3.8) is 0 Å². The number of hydrogen-bond donors (Lipinski definition) is 1. The van der Waals surface area contributed by atoms with E-state index in [0.29, 0.717) is 23.1 Å². The smallest absolute Gasteiger partial charge is 0.244 e. The van der Waals surface area contributed by atoms with E-state index in [4.69, 9.17) is 21.1 Å². The van der Waals surface area contributed by atoms with Crippen molar-refractivity contribution in [2.24, 2.45) is 0 Å². The third kappa shape index (κ3) is 6.12. The molecule has 138 valence electrons. The summed E-state index contributed by atoms with van der Waals surface area (Å²) >= 11 is 6.28. The molecule has 1 amide bonds. The number of halogens is 1. The molecule has 0 saturated heterocycles. The first-order valence-corrected chi connectivity index (χ1v) is 8.91. The SMILES string of the molecule is COc1cc(/C=C/C(=O)NCCc2ccccc2)cc(Cl)c1OC(C)C. The minimum Gasteiger partial charge on any atom is -0.493 e. The van der Waals surface area contributed by atoms with Crippen LogP contribution in [0.2, 0.25) is 5.02 Å². The zero-order chi connectivity index (χ0) is 18.9. The summed E-state index contributed by atoms with van der Waals surface area (Å²) < 4.78 is 11.0. The highest BCUT2D eigenvalue weighted by Gasteiger charge is 2.12. The molecule has 4 nitrogen and oxygen atoms in total. The Morgan fingerprint density at radius 3 is 2.62 bits per heavy atom. The molecule has 0 heterocycles. The standard InChI is InChI=1S/C21H24ClNO3/c1-15(2)26-21-18(22)13-17(14-19(21)25-3)9-10-20(24)23-12-11-16-7-5-4-6-8-16/h4-10,13-15H,11-12H2,1-3H3,(H,23,24)/b10-9+. The van der Waals surface area contributed by atoms with Crippen LogP contribution in [0.15, 0.2) is 48.5 Å². The van der Waals surface area contributed by atoms with E-state index < -0.39 is 0 Å². The van der Waals surface area contributed by atoms with Crippen molar-refractivity contribution < 1.29 is 14.3 Å². The molecular formula is C21H24ClNO3. The molecule has 0 aliphatic carbocycles. The Kier molecular flexibility index (Phi) is 7.54. The lowest BCUT2D eigenvalue weighted by Crippen LogP contribution is -2.23. The maximum absolute atomic E-state index is 12.0. The first-order chi connectivity index (χ1) is 12.5. The van der Waals surface area contributed by atoms with Gasteiger partial charge in [0.25, 0.3) is 0 Å². The van der Waals surface area contributed by atoms with Crippen LogP contribution in [-0.2, 0) is 11.2 Å². The van der Waals surface area contributed by atoms with Crippen LogP contribution in [0.4, 0.5) is 0 Å². The van der Waals surface area contributed by atoms with E-state index in [0.717, 1.165) is 12.0 Å². The van der Waals surface area contributed by atoms with Crippen molar-refractivity contribution in [2.75, 3.05) is 13.7 Å². The van der Waals surface area contributed by atoms with Gasteiger partial charge >= 0.3 is 0 Å². The highest BCUT2D eigenvalue weighted by molar-refractivity contribution is 6.32. The number of benzene rings is 2. The van der Waals surface area contributed by atoms with E-state index >= 15 is 0 Å². The lowest BCUT2D eigenvalue weighted by Gasteiger charge is -2.15. The molecule has 26 heavy (non-hydrogen) atoms. The summed E-state index contributed by atoms with van der Waals surface area (Å²) in [6, 6.07) is 13.6. The van der Waals surface area contributed by atoms with Crippen LogP contribution in [-0.4, -0.2) is 25.7 Å². The van der Waals surface area contributed by atoms with Crippen LogP contribution in [0.25, 0.3) is 6.08 Å². The van der Waals surface area contributed by atoms with Gasteiger partial charge in [-0.1, -0.05) is 41.9 Å². The van der Waals surface area contributed by atoms with Crippen molar-refractivity contribution >= 4 is 23.6 Å². The van der Waals surface area contributed by atoms with Crippen molar-refractivity contribution in [3.05, 3.63) is 64.7 Å². The molecule has 2 aromatic rings. The van der Waals surface area contributed by atoms with Crippen LogP contribution in [0.1, 0.15) is 25.0 Å². The van der Waals surface area contributed by atoms with Crippen LogP contribution >= 0.6 is 11.6 Å². The molecule has 0 fully saturated rings. The van der Waals surface area contributed by atoms with E-state index in [1.54, 1.807) is 25.3 Å². The average molecular weight is 374 g/mol. The van der Waals surface area contributed by atoms with E-state index in [2.05, 4.69) is 5.32 Å². The van der Waals surface area contributed by atoms with E-state index in [9.17, 15) is 4.79 Å². The molecule has 0 spiro atoms. The number of methoxy groups -OCH3 is 1. The number of ether oxygens (including phenoxy) is 2. The largest absolute Gasteiger partial charge is 0.493 e. The molecule has 0 unspecified atom stereocenters. The first kappa shape index (κ1) is 19.9. The fourth-order valence-electron chi connectivity index (χ4n) is 2.39. The molecule has 0 aliphatic rings. The minimum atomic E-state index is -0.154. The summed E-state index contributed by atoms with van der Waals surface area (Å²) in [5, 5.41) is 3.31. The fraction of sp³-hybridized carbons (Fsp3) is 0.286. The third-order valence-electron chi connectivity index (χ3n) is 3.59. The van der Waals surface area contributed by atoms with Crippen LogP contribution in [0.5, 0.6) is 11.5 Å². The molecule has 0 aromatic heterocycles. The number of amides is 1. The van der Waals surface area contributed by atoms with Gasteiger partial charge in [-0.05, 0) is 49.6 Å². The average Bonchev–Trinajstić information content (AvgIpc) is 2.62. The molecule has 0 atom stereocenters. The Morgan fingerprint density at radius 1 is 1.23 bits per heavy atom. The predicted molar refractivity (Wildman–Crippen MR) is 106 cm³/mol. The summed E-state index contributed by atoms with van der Waals surface area (Å²) in [5.74, 6) is 0.891. The van der Waals surface area contributed by atoms with Gasteiger partial charge in [-0.2, -0.15) is 0 Å². The normalized spacial score (nSPS) is 11.0. The van der Waals surface area contributed by atoms with Gasteiger partial charge in [0.15, 0.2) is 11.5 Å². The highest BCUT2D eigenvalue weighted by Crippen LogP contribution is 2.37. The number of nitrogens with one attached hydrogen (secondary N) is 1. The molecule has 2 aromatic carbocycles. The molecule has 0 radical (unpaired) electrons. The van der Waals surface area contributed by atoms with Crippen LogP contribution in [0.3, 0.4) is 0 Å². The Morgan fingerprint density at radius 2 is 1.96 bits per heavy atom. The van der Waals surface area contributed by atoms with Crippen molar-refractivity contribution in [3.8, 4) is 11.5 Å². The van der Waals surface area contributed by atoms with Gasteiger partial charge in [0.1, 0.15) is 0 Å². The first-order valence-electron chi connectivity index (χ1n) is 8.53. The molecule has 0 bridgehead atoms. The minimum absolute atomic E-state index is 0.0156. The Hall–Kier alpha value is -2.46. The number of rotatable bonds is 8. The van der Waals surface area contributed by atoms with Crippen molar-refractivity contribution in [2.45, 2.75) is 26.4 Å². The van der Waals surface area contributed by atoms with Crippen molar-refractivity contribution in [1.29, 1.82) is 0 Å². The van der Waals surface area contributed by atoms with Gasteiger partial charge < -0.3 is 14.8 Å². The maximum Gasteiger partial charge on any atom is 0.244 e. The van der Waals surface area contributed by atoms with E-state index in [1.165, 1.54) is 11.6 Å². The number of carbonyl (C=O) groups excluding carboxylic acids is 1. The van der Waals surface area contributed by atoms with Gasteiger partial charge in [-0.15, -0.1) is 0 Å². The summed E-state index contributed by atoms with van der Waals surface area (Å²) in [7, 11) is 1.56. The third-order valence-corrected chi connectivity index (χ3v) is 3.87. The summed E-state index contributed by atoms with van der Waals surface area (Å²) in [5.41, 5.74) is 1.95. The summed E-state index contributed by atoms with van der Waals surface area (Å²) in [4.78, 5) is 12.0. The summed E-state index contributed by atoms with van der Waals surface area (Å²) in [6.07, 6.45) is 3.96. The monoisotopic (exact) mass is 373 g/mol. The van der Waals surface area contributed by atoms with Gasteiger partial charge in [0, 0.05) is 12.6 Å². The molecule has 2 rings (SSSR count). The van der Waals surface area contributed by atoms with E-state index in [1.807, 2.05) is 44.2 Å². The topological polar surface area (TPSA) is 47.6 Å². The molecule has 5 heteroatoms. The predicted octanol–water partition coefficient (Wildman–Crippen LogP) is 4.51. The zero-order valence-corrected chi connectivity index (χ0v) is 16.0. The highest BCUT2D eigenvalue weighted by atomic mass is 35.5. The van der Waals surface area contributed by atoms with Gasteiger partial charge in [0.05, 0.1) is 18.2 Å². The summed E-state index contributed by atoms with van der Waals surface area (Å²) in [6.45, 7) is 4.42. The second-order valence-electron chi connectivity index (χ2n) is 6.06. The molecular weight excluding hydrogens is 350 g/mol.